The van der Waals surface area contributed by atoms with Gasteiger partial charge in [-0.3, -0.25) is 4.57 Å². The van der Waals surface area contributed by atoms with Crippen molar-refractivity contribution >= 4 is 21.6 Å². The summed E-state index contributed by atoms with van der Waals surface area (Å²) in [6, 6.07) is 0.933. The molecule has 0 aromatic heterocycles. The van der Waals surface area contributed by atoms with E-state index in [1.54, 1.807) is 13.8 Å². The van der Waals surface area contributed by atoms with Crippen LogP contribution in [0.5, 0.6) is 0 Å². The second-order valence-corrected chi connectivity index (χ2v) is 13.2. The molecule has 0 amide bonds. The van der Waals surface area contributed by atoms with Crippen LogP contribution in [-0.4, -0.2) is 40.0 Å². The lowest BCUT2D eigenvalue weighted by Crippen LogP contribution is -2.22. The Kier molecular flexibility index (Phi) is 9.30. The lowest BCUT2D eigenvalue weighted by molar-refractivity contribution is -0.137. The molecule has 0 rings (SSSR count). The first-order valence-electron chi connectivity index (χ1n) is 6.94. The molecular formula is C13H27O5PSi. The minimum Gasteiger partial charge on any atom is -0.463 e. The van der Waals surface area contributed by atoms with Crippen LogP contribution in [-0.2, 0) is 23.1 Å². The molecule has 0 fully saturated rings. The molecule has 0 aromatic carbocycles. The molecule has 0 aromatic rings. The van der Waals surface area contributed by atoms with Crippen molar-refractivity contribution < 1.29 is 23.1 Å². The Labute approximate surface area is 123 Å². The number of rotatable bonds is 10. The molecule has 20 heavy (non-hydrogen) atoms. The van der Waals surface area contributed by atoms with E-state index in [4.69, 9.17) is 13.8 Å². The van der Waals surface area contributed by atoms with E-state index in [9.17, 15) is 9.36 Å². The highest BCUT2D eigenvalue weighted by Crippen LogP contribution is 2.47. The minimum absolute atomic E-state index is 0.0812. The fourth-order valence-corrected chi connectivity index (χ4v) is 3.47. The van der Waals surface area contributed by atoms with Crippen molar-refractivity contribution in [1.82, 2.24) is 0 Å². The third-order valence-electron chi connectivity index (χ3n) is 2.33. The molecule has 0 aliphatic carbocycles. The Bertz CT molecular complexity index is 352. The van der Waals surface area contributed by atoms with E-state index in [1.165, 1.54) is 12.2 Å². The zero-order valence-corrected chi connectivity index (χ0v) is 15.1. The van der Waals surface area contributed by atoms with Gasteiger partial charge in [0, 0.05) is 14.1 Å². The van der Waals surface area contributed by atoms with Gasteiger partial charge in [-0.25, -0.2) is 4.79 Å². The van der Waals surface area contributed by atoms with E-state index in [1.807, 2.05) is 0 Å². The number of carbonyl (C=O) groups excluding carboxylic acids is 1. The molecule has 0 radical (unpaired) electrons. The standard InChI is InChI=1S/C13H27O5PSi/c1-6-17-19(15,18-7-2)11-8-9-13(14)16-10-12-20(3,4)5/h8-9H,6-7,10-12H2,1-5H3/b9-8+. The highest BCUT2D eigenvalue weighted by molar-refractivity contribution is 7.54. The normalized spacial score (nSPS) is 12.8. The van der Waals surface area contributed by atoms with Crippen LogP contribution >= 0.6 is 7.60 Å². The molecule has 118 valence electrons. The molecule has 0 N–H and O–H groups in total. The monoisotopic (exact) mass is 322 g/mol. The summed E-state index contributed by atoms with van der Waals surface area (Å²) in [6.45, 7) is 11.2. The average Bonchev–Trinajstić information content (AvgIpc) is 2.27. The SMILES string of the molecule is CCOP(=O)(C/C=C/C(=O)OCC[Si](C)(C)C)OCC. The van der Waals surface area contributed by atoms with E-state index in [-0.39, 0.29) is 6.16 Å². The predicted molar refractivity (Wildman–Crippen MR) is 84.0 cm³/mol. The van der Waals surface area contributed by atoms with E-state index < -0.39 is 21.6 Å². The summed E-state index contributed by atoms with van der Waals surface area (Å²) in [4.78, 5) is 11.5. The first kappa shape index (κ1) is 19.6. The van der Waals surface area contributed by atoms with E-state index in [0.717, 1.165) is 6.04 Å². The molecule has 0 saturated heterocycles. The summed E-state index contributed by atoms with van der Waals surface area (Å²) in [7, 11) is -4.31. The Morgan fingerprint density at radius 3 is 2.15 bits per heavy atom. The summed E-state index contributed by atoms with van der Waals surface area (Å²) in [5.74, 6) is -0.414. The highest BCUT2D eigenvalue weighted by Gasteiger charge is 2.21. The van der Waals surface area contributed by atoms with Crippen LogP contribution < -0.4 is 0 Å². The molecular weight excluding hydrogens is 295 g/mol. The predicted octanol–water partition coefficient (Wildman–Crippen LogP) is 3.69. The fourth-order valence-electron chi connectivity index (χ4n) is 1.32. The number of hydrogen-bond acceptors (Lipinski definition) is 5. The summed E-state index contributed by atoms with van der Waals surface area (Å²) in [5.41, 5.74) is 0. The first-order valence-corrected chi connectivity index (χ1v) is 12.4. The molecule has 0 aliphatic heterocycles. The van der Waals surface area contributed by atoms with Gasteiger partial charge < -0.3 is 13.8 Å². The maximum Gasteiger partial charge on any atom is 0.334 e. The average molecular weight is 322 g/mol. The summed E-state index contributed by atoms with van der Waals surface area (Å²) in [5, 5.41) is 0. The number of carbonyl (C=O) groups is 1. The van der Waals surface area contributed by atoms with Gasteiger partial charge in [0.05, 0.1) is 26.0 Å². The van der Waals surface area contributed by atoms with Crippen molar-refractivity contribution in [2.45, 2.75) is 39.5 Å². The first-order chi connectivity index (χ1) is 9.22. The quantitative estimate of drug-likeness (QED) is 0.266. The van der Waals surface area contributed by atoms with Crippen molar-refractivity contribution in [2.75, 3.05) is 26.0 Å². The Balaban J connectivity index is 4.15. The van der Waals surface area contributed by atoms with Gasteiger partial charge in [-0.2, -0.15) is 0 Å². The van der Waals surface area contributed by atoms with E-state index in [2.05, 4.69) is 19.6 Å². The fraction of sp³-hybridized carbons (Fsp3) is 0.769. The molecule has 0 atom stereocenters. The molecule has 0 saturated carbocycles. The van der Waals surface area contributed by atoms with Gasteiger partial charge in [-0.05, 0) is 19.9 Å². The topological polar surface area (TPSA) is 61.8 Å². The van der Waals surface area contributed by atoms with Crippen molar-refractivity contribution in [1.29, 1.82) is 0 Å². The molecule has 0 bridgehead atoms. The van der Waals surface area contributed by atoms with Crippen LogP contribution in [0.25, 0.3) is 0 Å². The third-order valence-corrected chi connectivity index (χ3v) is 6.00. The van der Waals surface area contributed by atoms with Gasteiger partial charge in [-0.15, -0.1) is 0 Å². The van der Waals surface area contributed by atoms with E-state index >= 15 is 0 Å². The second-order valence-electron chi connectivity index (χ2n) is 5.51. The molecule has 0 unspecified atom stereocenters. The zero-order chi connectivity index (χ0) is 15.6. The van der Waals surface area contributed by atoms with Crippen LogP contribution in [0.3, 0.4) is 0 Å². The molecule has 0 spiro atoms. The maximum atomic E-state index is 12.1. The Morgan fingerprint density at radius 2 is 1.70 bits per heavy atom. The van der Waals surface area contributed by atoms with Crippen LogP contribution in [0.1, 0.15) is 13.8 Å². The van der Waals surface area contributed by atoms with Gasteiger partial charge >= 0.3 is 13.6 Å². The minimum atomic E-state index is -3.12. The van der Waals surface area contributed by atoms with Crippen molar-refractivity contribution in [3.05, 3.63) is 12.2 Å². The smallest absolute Gasteiger partial charge is 0.334 e. The molecule has 0 heterocycles. The number of esters is 1. The summed E-state index contributed by atoms with van der Waals surface area (Å²) >= 11 is 0. The number of allylic oxidation sites excluding steroid dienone is 1. The molecule has 7 heteroatoms. The van der Waals surface area contributed by atoms with Crippen molar-refractivity contribution in [2.24, 2.45) is 0 Å². The summed E-state index contributed by atoms with van der Waals surface area (Å²) < 4.78 is 27.4. The maximum absolute atomic E-state index is 12.1. The Morgan fingerprint density at radius 1 is 1.15 bits per heavy atom. The molecule has 5 nitrogen and oxygen atoms in total. The largest absolute Gasteiger partial charge is 0.463 e. The van der Waals surface area contributed by atoms with Gasteiger partial charge in [0.2, 0.25) is 0 Å². The van der Waals surface area contributed by atoms with Gasteiger partial charge in [0.15, 0.2) is 0 Å². The zero-order valence-electron chi connectivity index (χ0n) is 13.2. The van der Waals surface area contributed by atoms with Gasteiger partial charge in [0.1, 0.15) is 0 Å². The summed E-state index contributed by atoms with van der Waals surface area (Å²) in [6.07, 6.45) is 2.86. The third kappa shape index (κ3) is 10.4. The number of hydrogen-bond donors (Lipinski definition) is 0. The second kappa shape index (κ2) is 9.50. The van der Waals surface area contributed by atoms with Gasteiger partial charge in [0.25, 0.3) is 0 Å². The van der Waals surface area contributed by atoms with Gasteiger partial charge in [-0.1, -0.05) is 25.7 Å². The van der Waals surface area contributed by atoms with Crippen molar-refractivity contribution in [3.8, 4) is 0 Å². The van der Waals surface area contributed by atoms with Crippen LogP contribution in [0.4, 0.5) is 0 Å². The van der Waals surface area contributed by atoms with Crippen LogP contribution in [0.15, 0.2) is 12.2 Å². The lowest BCUT2D eigenvalue weighted by Gasteiger charge is -2.15. The Hall–Kier alpha value is -0.423. The van der Waals surface area contributed by atoms with Crippen molar-refractivity contribution in [3.63, 3.8) is 0 Å². The van der Waals surface area contributed by atoms with E-state index in [0.29, 0.717) is 19.8 Å². The highest BCUT2D eigenvalue weighted by atomic mass is 31.2. The number of ether oxygens (including phenoxy) is 1. The lowest BCUT2D eigenvalue weighted by atomic mass is 10.5. The molecule has 0 aliphatic rings. The van der Waals surface area contributed by atoms with Crippen LogP contribution in [0, 0.1) is 0 Å². The van der Waals surface area contributed by atoms with Crippen LogP contribution in [0.2, 0.25) is 25.7 Å².